The summed E-state index contributed by atoms with van der Waals surface area (Å²) in [4.78, 5) is 0. The molecule has 0 aliphatic heterocycles. The van der Waals surface area contributed by atoms with Gasteiger partial charge in [0, 0.05) is 0 Å². The number of hydrogen-bond donors (Lipinski definition) is 0. The molecule has 105 valence electrons. The molecule has 0 aromatic heterocycles. The van der Waals surface area contributed by atoms with Gasteiger partial charge in [-0.15, -0.1) is 12.4 Å². The molecular formula is C16H30ClSn. The van der Waals surface area contributed by atoms with E-state index in [2.05, 4.69) is 6.92 Å². The Kier molecular flexibility index (Phi) is 7.99. The number of hydrogen-bond acceptors (Lipinski definition) is 0. The van der Waals surface area contributed by atoms with Crippen molar-refractivity contribution in [1.29, 1.82) is 0 Å². The van der Waals surface area contributed by atoms with Crippen LogP contribution in [0.15, 0.2) is 0 Å². The van der Waals surface area contributed by atoms with Gasteiger partial charge in [0.2, 0.25) is 0 Å². The Bertz CT molecular complexity index is 199. The average molecular weight is 377 g/mol. The molecule has 0 nitrogen and oxygen atoms in total. The van der Waals surface area contributed by atoms with Gasteiger partial charge in [-0.05, 0) is 0 Å². The quantitative estimate of drug-likeness (QED) is 0.552. The van der Waals surface area contributed by atoms with Crippen LogP contribution in [0.5, 0.6) is 0 Å². The fourth-order valence-electron chi connectivity index (χ4n) is 4.39. The second-order valence-electron chi connectivity index (χ2n) is 6.46. The molecule has 2 heteroatoms. The third kappa shape index (κ3) is 4.04. The van der Waals surface area contributed by atoms with E-state index >= 15 is 0 Å². The van der Waals surface area contributed by atoms with Gasteiger partial charge in [0.15, 0.2) is 0 Å². The van der Waals surface area contributed by atoms with Crippen molar-refractivity contribution in [2.24, 2.45) is 11.8 Å². The van der Waals surface area contributed by atoms with Crippen molar-refractivity contribution in [3.8, 4) is 0 Å². The molecule has 18 heavy (non-hydrogen) atoms. The molecule has 2 rings (SSSR count). The van der Waals surface area contributed by atoms with Crippen LogP contribution in [0.4, 0.5) is 0 Å². The van der Waals surface area contributed by atoms with Crippen LogP contribution in [-0.2, 0) is 0 Å². The van der Waals surface area contributed by atoms with Crippen LogP contribution < -0.4 is 0 Å². The summed E-state index contributed by atoms with van der Waals surface area (Å²) in [5.74, 6) is 2.19. The first-order valence-corrected chi connectivity index (χ1v) is 9.45. The molecule has 2 fully saturated rings. The van der Waals surface area contributed by atoms with Crippen molar-refractivity contribution in [1.82, 2.24) is 0 Å². The summed E-state index contributed by atoms with van der Waals surface area (Å²) in [5, 5.41) is 0. The predicted molar refractivity (Wildman–Crippen MR) is 83.8 cm³/mol. The maximum Gasteiger partial charge on any atom is -0.147 e. The van der Waals surface area contributed by atoms with Crippen molar-refractivity contribution in [2.75, 3.05) is 0 Å². The second kappa shape index (κ2) is 8.39. The summed E-state index contributed by atoms with van der Waals surface area (Å²) in [6.07, 6.45) is 18.3. The first-order chi connectivity index (χ1) is 8.27. The van der Waals surface area contributed by atoms with Gasteiger partial charge in [0.1, 0.15) is 0 Å². The van der Waals surface area contributed by atoms with Gasteiger partial charge in [0.05, 0.1) is 0 Å². The van der Waals surface area contributed by atoms with Crippen LogP contribution in [0.1, 0.15) is 84.0 Å². The predicted octanol–water partition coefficient (Wildman–Crippen LogP) is 5.70. The maximum atomic E-state index is 2.41. The number of halogens is 1. The van der Waals surface area contributed by atoms with Crippen molar-refractivity contribution < 1.29 is 0 Å². The van der Waals surface area contributed by atoms with Gasteiger partial charge in [0.25, 0.3) is 0 Å². The fourth-order valence-corrected chi connectivity index (χ4v) is 6.75. The van der Waals surface area contributed by atoms with Crippen LogP contribution in [0, 0.1) is 11.8 Å². The van der Waals surface area contributed by atoms with Crippen molar-refractivity contribution in [3.63, 3.8) is 0 Å². The van der Waals surface area contributed by atoms with Crippen molar-refractivity contribution in [2.45, 2.75) is 87.4 Å². The smallest absolute Gasteiger partial charge is 0.147 e. The fraction of sp³-hybridized carbons (Fsp3) is 1.00. The Balaban J connectivity index is 0.00000162. The molecule has 2 saturated carbocycles. The molecule has 0 atom stereocenters. The summed E-state index contributed by atoms with van der Waals surface area (Å²) in [5.41, 5.74) is 0. The number of rotatable bonds is 4. The Hall–Kier alpha value is 1.09. The van der Waals surface area contributed by atoms with E-state index in [1.165, 1.54) is 51.4 Å². The zero-order valence-corrected chi connectivity index (χ0v) is 15.7. The Labute approximate surface area is 134 Å². The molecule has 3 radical (unpaired) electrons. The zero-order valence-electron chi connectivity index (χ0n) is 12.0. The molecule has 0 bridgehead atoms. The minimum atomic E-state index is 0. The van der Waals surface area contributed by atoms with Crippen LogP contribution in [0.25, 0.3) is 0 Å². The monoisotopic (exact) mass is 377 g/mol. The van der Waals surface area contributed by atoms with Crippen LogP contribution >= 0.6 is 12.4 Å². The first-order valence-electron chi connectivity index (χ1n) is 8.02. The van der Waals surface area contributed by atoms with Gasteiger partial charge in [-0.1, -0.05) is 0 Å². The van der Waals surface area contributed by atoms with E-state index in [0.29, 0.717) is 0 Å². The molecule has 0 aromatic carbocycles. The SMILES string of the molecule is CCC[C]([Sn])(C1CCCCC1)C1CCCCC1.Cl. The van der Waals surface area contributed by atoms with E-state index in [4.69, 9.17) is 0 Å². The van der Waals surface area contributed by atoms with Gasteiger partial charge in [-0.2, -0.15) is 0 Å². The average Bonchev–Trinajstić information content (AvgIpc) is 2.41. The van der Waals surface area contributed by atoms with Crippen LogP contribution in [0.3, 0.4) is 0 Å². The Morgan fingerprint density at radius 3 is 1.56 bits per heavy atom. The normalized spacial score (nSPS) is 23.7. The van der Waals surface area contributed by atoms with Crippen LogP contribution in [0.2, 0.25) is 3.43 Å². The molecule has 0 spiro atoms. The molecule has 0 unspecified atom stereocenters. The summed E-state index contributed by atoms with van der Waals surface area (Å²) in [6, 6.07) is 0. The van der Waals surface area contributed by atoms with E-state index in [0.717, 1.165) is 15.3 Å². The molecule has 0 amide bonds. The Morgan fingerprint density at radius 1 is 0.833 bits per heavy atom. The molecule has 0 heterocycles. The topological polar surface area (TPSA) is 0 Å². The Morgan fingerprint density at radius 2 is 1.22 bits per heavy atom. The van der Waals surface area contributed by atoms with Gasteiger partial charge in [-0.25, -0.2) is 0 Å². The first kappa shape index (κ1) is 17.1. The molecular weight excluding hydrogens is 346 g/mol. The zero-order chi connectivity index (χ0) is 12.1. The summed E-state index contributed by atoms with van der Waals surface area (Å²) >= 11 is 1.88. The molecule has 2 aliphatic rings. The van der Waals surface area contributed by atoms with Crippen molar-refractivity contribution >= 4 is 34.9 Å². The summed E-state index contributed by atoms with van der Waals surface area (Å²) in [6.45, 7) is 2.41. The standard InChI is InChI=1S/C16H29.ClH.Sn/c1-2-9-16(14-10-5-3-6-11-14)15-12-7-4-8-13-15;;/h14-15H,2-13H2,1H3;1H;. The summed E-state index contributed by atoms with van der Waals surface area (Å²) < 4.78 is 0.780. The largest absolute Gasteiger partial charge is 0.147 e. The van der Waals surface area contributed by atoms with E-state index < -0.39 is 0 Å². The van der Waals surface area contributed by atoms with Crippen molar-refractivity contribution in [3.05, 3.63) is 0 Å². The molecule has 0 saturated heterocycles. The van der Waals surface area contributed by atoms with E-state index in [1.54, 1.807) is 25.7 Å². The summed E-state index contributed by atoms with van der Waals surface area (Å²) in [7, 11) is 0. The van der Waals surface area contributed by atoms with E-state index in [1.807, 2.05) is 22.5 Å². The minimum absolute atomic E-state index is 0. The third-order valence-electron chi connectivity index (χ3n) is 5.33. The molecule has 2 aliphatic carbocycles. The molecule has 0 N–H and O–H groups in total. The van der Waals surface area contributed by atoms with E-state index in [9.17, 15) is 0 Å². The van der Waals surface area contributed by atoms with Gasteiger partial charge >= 0.3 is 122 Å². The molecule has 0 aromatic rings. The third-order valence-corrected chi connectivity index (χ3v) is 8.37. The second-order valence-corrected chi connectivity index (χ2v) is 9.12. The maximum absolute atomic E-state index is 2.41. The minimum Gasteiger partial charge on any atom is -0.147 e. The van der Waals surface area contributed by atoms with Crippen LogP contribution in [-0.4, -0.2) is 22.5 Å². The van der Waals surface area contributed by atoms with Gasteiger partial charge < -0.3 is 0 Å². The van der Waals surface area contributed by atoms with E-state index in [-0.39, 0.29) is 12.4 Å². The van der Waals surface area contributed by atoms with Gasteiger partial charge in [-0.3, -0.25) is 0 Å².